The number of halogens is 1. The SMILES string of the molecule is O=C(Nc1csc(C2CC2)n1)N[C@H]1CCOc2c(Cl)cccc21. The summed E-state index contributed by atoms with van der Waals surface area (Å²) in [6, 6.07) is 5.22. The van der Waals surface area contributed by atoms with Crippen LogP contribution in [0.4, 0.5) is 10.6 Å². The smallest absolute Gasteiger partial charge is 0.320 e. The molecule has 0 spiro atoms. The standard InChI is InChI=1S/C16H16ClN3O2S/c17-11-3-1-2-10-12(6-7-22-14(10)11)18-16(21)20-13-8-23-15(19-13)9-4-5-9/h1-3,8-9,12H,4-7H2,(H2,18,20,21)/t12-/m0/s1. The van der Waals surface area contributed by atoms with Crippen LogP contribution in [-0.2, 0) is 0 Å². The average Bonchev–Trinajstić information content (AvgIpc) is 3.29. The Morgan fingerprint density at radius 2 is 2.22 bits per heavy atom. The number of carbonyl (C=O) groups is 1. The van der Waals surface area contributed by atoms with E-state index in [4.69, 9.17) is 16.3 Å². The molecule has 0 unspecified atom stereocenters. The van der Waals surface area contributed by atoms with Gasteiger partial charge in [-0.2, -0.15) is 0 Å². The van der Waals surface area contributed by atoms with Crippen molar-refractivity contribution in [2.45, 2.75) is 31.2 Å². The number of hydrogen-bond acceptors (Lipinski definition) is 4. The first-order chi connectivity index (χ1) is 11.2. The lowest BCUT2D eigenvalue weighted by atomic mass is 10.0. The normalized spacial score (nSPS) is 19.6. The summed E-state index contributed by atoms with van der Waals surface area (Å²) in [5, 5.41) is 9.37. The van der Waals surface area contributed by atoms with Crippen molar-refractivity contribution < 1.29 is 9.53 Å². The predicted molar refractivity (Wildman–Crippen MR) is 90.5 cm³/mol. The minimum atomic E-state index is -0.254. The lowest BCUT2D eigenvalue weighted by molar-refractivity contribution is 0.232. The van der Waals surface area contributed by atoms with Gasteiger partial charge < -0.3 is 10.1 Å². The number of aromatic nitrogens is 1. The number of urea groups is 1. The molecule has 2 amide bonds. The number of rotatable bonds is 3. The fraction of sp³-hybridized carbons (Fsp3) is 0.375. The Balaban J connectivity index is 1.43. The molecular formula is C16H16ClN3O2S. The molecule has 1 aliphatic carbocycles. The minimum absolute atomic E-state index is 0.112. The number of ether oxygens (including phenoxy) is 1. The van der Waals surface area contributed by atoms with Gasteiger partial charge in [-0.05, 0) is 18.9 Å². The Morgan fingerprint density at radius 1 is 1.35 bits per heavy atom. The van der Waals surface area contributed by atoms with E-state index in [1.54, 1.807) is 17.4 Å². The van der Waals surface area contributed by atoms with Gasteiger partial charge in [-0.15, -0.1) is 11.3 Å². The topological polar surface area (TPSA) is 63.2 Å². The molecule has 4 rings (SSSR count). The molecule has 7 heteroatoms. The molecule has 5 nitrogen and oxygen atoms in total. The van der Waals surface area contributed by atoms with Gasteiger partial charge >= 0.3 is 6.03 Å². The molecule has 1 aromatic heterocycles. The summed E-state index contributed by atoms with van der Waals surface area (Å²) in [5.74, 6) is 1.88. The highest BCUT2D eigenvalue weighted by Crippen LogP contribution is 2.42. The van der Waals surface area contributed by atoms with Gasteiger partial charge in [0.15, 0.2) is 0 Å². The van der Waals surface area contributed by atoms with Gasteiger partial charge in [0.1, 0.15) is 11.6 Å². The molecule has 2 aromatic rings. The van der Waals surface area contributed by atoms with Crippen molar-refractivity contribution in [3.8, 4) is 5.75 Å². The van der Waals surface area contributed by atoms with Crippen LogP contribution >= 0.6 is 22.9 Å². The van der Waals surface area contributed by atoms with Gasteiger partial charge in [-0.1, -0.05) is 23.7 Å². The molecule has 1 saturated carbocycles. The summed E-state index contributed by atoms with van der Waals surface area (Å²) in [6.07, 6.45) is 3.13. The second-order valence-electron chi connectivity index (χ2n) is 5.79. The third-order valence-corrected chi connectivity index (χ3v) is 5.33. The average molecular weight is 350 g/mol. The number of amides is 2. The molecule has 0 bridgehead atoms. The lowest BCUT2D eigenvalue weighted by Gasteiger charge is -2.27. The summed E-state index contributed by atoms with van der Waals surface area (Å²) in [4.78, 5) is 16.7. The van der Waals surface area contributed by atoms with Crippen LogP contribution in [0.5, 0.6) is 5.75 Å². The van der Waals surface area contributed by atoms with E-state index in [0.29, 0.717) is 35.5 Å². The zero-order valence-corrected chi connectivity index (χ0v) is 13.9. The maximum Gasteiger partial charge on any atom is 0.320 e. The number of hydrogen-bond donors (Lipinski definition) is 2. The summed E-state index contributed by atoms with van der Waals surface area (Å²) in [5.41, 5.74) is 0.913. The molecule has 2 heterocycles. The minimum Gasteiger partial charge on any atom is -0.492 e. The second kappa shape index (κ2) is 6.02. The second-order valence-corrected chi connectivity index (χ2v) is 7.09. The van der Waals surface area contributed by atoms with E-state index in [9.17, 15) is 4.79 Å². The van der Waals surface area contributed by atoms with Gasteiger partial charge in [0.2, 0.25) is 0 Å². The number of anilines is 1. The van der Waals surface area contributed by atoms with Crippen molar-refractivity contribution in [1.29, 1.82) is 0 Å². The summed E-state index contributed by atoms with van der Waals surface area (Å²) in [7, 11) is 0. The number of para-hydroxylation sites is 1. The monoisotopic (exact) mass is 349 g/mol. The third-order valence-electron chi connectivity index (χ3n) is 4.02. The van der Waals surface area contributed by atoms with Crippen LogP contribution < -0.4 is 15.4 Å². The molecule has 23 heavy (non-hydrogen) atoms. The van der Waals surface area contributed by atoms with E-state index in [-0.39, 0.29) is 12.1 Å². The number of thiazole rings is 1. The zero-order valence-electron chi connectivity index (χ0n) is 12.3. The van der Waals surface area contributed by atoms with Gasteiger partial charge in [0.25, 0.3) is 0 Å². The van der Waals surface area contributed by atoms with E-state index in [1.165, 1.54) is 12.8 Å². The van der Waals surface area contributed by atoms with Crippen molar-refractivity contribution in [3.63, 3.8) is 0 Å². The van der Waals surface area contributed by atoms with Crippen LogP contribution in [0.1, 0.15) is 41.8 Å². The summed E-state index contributed by atoms with van der Waals surface area (Å²) < 4.78 is 5.61. The van der Waals surface area contributed by atoms with Crippen LogP contribution in [0.25, 0.3) is 0 Å². The Kier molecular flexibility index (Phi) is 3.87. The summed E-state index contributed by atoms with van der Waals surface area (Å²) in [6.45, 7) is 0.532. The highest BCUT2D eigenvalue weighted by Gasteiger charge is 2.27. The quantitative estimate of drug-likeness (QED) is 0.867. The largest absolute Gasteiger partial charge is 0.492 e. The third kappa shape index (κ3) is 3.14. The summed E-state index contributed by atoms with van der Waals surface area (Å²) >= 11 is 7.76. The van der Waals surface area contributed by atoms with Crippen molar-refractivity contribution >= 4 is 34.8 Å². The predicted octanol–water partition coefficient (Wildman–Crippen LogP) is 4.32. The molecule has 120 valence electrons. The van der Waals surface area contributed by atoms with E-state index >= 15 is 0 Å². The Labute approximate surface area is 143 Å². The van der Waals surface area contributed by atoms with E-state index in [0.717, 1.165) is 10.6 Å². The van der Waals surface area contributed by atoms with Crippen LogP contribution in [-0.4, -0.2) is 17.6 Å². The maximum absolute atomic E-state index is 12.2. The Bertz CT molecular complexity index is 745. The van der Waals surface area contributed by atoms with Crippen LogP contribution in [0.15, 0.2) is 23.6 Å². The molecule has 1 aliphatic heterocycles. The number of benzene rings is 1. The van der Waals surface area contributed by atoms with Crippen molar-refractivity contribution in [3.05, 3.63) is 39.2 Å². The number of fused-ring (bicyclic) bond motifs is 1. The molecule has 2 aliphatic rings. The molecular weight excluding hydrogens is 334 g/mol. The van der Waals surface area contributed by atoms with Crippen molar-refractivity contribution in [1.82, 2.24) is 10.3 Å². The van der Waals surface area contributed by atoms with Crippen molar-refractivity contribution in [2.24, 2.45) is 0 Å². The van der Waals surface area contributed by atoms with Gasteiger partial charge in [0, 0.05) is 23.3 Å². The highest BCUT2D eigenvalue weighted by atomic mass is 35.5. The van der Waals surface area contributed by atoms with E-state index in [2.05, 4.69) is 15.6 Å². The first kappa shape index (κ1) is 14.8. The van der Waals surface area contributed by atoms with Crippen LogP contribution in [0.2, 0.25) is 5.02 Å². The van der Waals surface area contributed by atoms with Crippen LogP contribution in [0.3, 0.4) is 0 Å². The molecule has 1 atom stereocenters. The molecule has 0 saturated heterocycles. The maximum atomic E-state index is 12.2. The highest BCUT2D eigenvalue weighted by molar-refractivity contribution is 7.10. The number of nitrogens with one attached hydrogen (secondary N) is 2. The number of carbonyl (C=O) groups excluding carboxylic acids is 1. The Hall–Kier alpha value is -1.79. The molecule has 0 radical (unpaired) electrons. The Morgan fingerprint density at radius 3 is 3.04 bits per heavy atom. The first-order valence-corrected chi connectivity index (χ1v) is 8.90. The molecule has 1 fully saturated rings. The van der Waals surface area contributed by atoms with Crippen LogP contribution in [0, 0.1) is 0 Å². The first-order valence-electron chi connectivity index (χ1n) is 7.65. The van der Waals surface area contributed by atoms with Gasteiger partial charge in [-0.3, -0.25) is 5.32 Å². The van der Waals surface area contributed by atoms with E-state index < -0.39 is 0 Å². The van der Waals surface area contributed by atoms with Crippen molar-refractivity contribution in [2.75, 3.05) is 11.9 Å². The fourth-order valence-corrected chi connectivity index (χ4v) is 3.87. The fourth-order valence-electron chi connectivity index (χ4n) is 2.71. The number of nitrogens with zero attached hydrogens (tertiary/aromatic N) is 1. The molecule has 2 N–H and O–H groups in total. The molecule has 1 aromatic carbocycles. The van der Waals surface area contributed by atoms with E-state index in [1.807, 2.05) is 17.5 Å². The lowest BCUT2D eigenvalue weighted by Crippen LogP contribution is -2.35. The van der Waals surface area contributed by atoms with Gasteiger partial charge in [-0.25, -0.2) is 9.78 Å². The van der Waals surface area contributed by atoms with Gasteiger partial charge in [0.05, 0.1) is 22.7 Å². The zero-order chi connectivity index (χ0) is 15.8.